The second-order valence-electron chi connectivity index (χ2n) is 8.80. The van der Waals surface area contributed by atoms with Gasteiger partial charge in [-0.1, -0.05) is 29.8 Å². The number of aryl methyl sites for hydroxylation is 1. The minimum absolute atomic E-state index is 0.329. The Morgan fingerprint density at radius 1 is 1.18 bits per heavy atom. The number of anilines is 1. The number of benzene rings is 2. The van der Waals surface area contributed by atoms with Crippen molar-refractivity contribution in [2.45, 2.75) is 53.2 Å². The van der Waals surface area contributed by atoms with E-state index >= 15 is 0 Å². The quantitative estimate of drug-likeness (QED) is 0.266. The Kier molecular flexibility index (Phi) is 10.8. The maximum atomic E-state index is 11.3. The summed E-state index contributed by atoms with van der Waals surface area (Å²) < 4.78 is 6.41. The molecule has 0 amide bonds. The molecule has 0 saturated heterocycles. The highest BCUT2D eigenvalue weighted by Gasteiger charge is 2.20. The van der Waals surface area contributed by atoms with Crippen LogP contribution in [0.4, 0.5) is 5.69 Å². The molecule has 3 N–H and O–H groups in total. The van der Waals surface area contributed by atoms with E-state index in [1.807, 2.05) is 37.3 Å². The van der Waals surface area contributed by atoms with Gasteiger partial charge in [-0.15, -0.1) is 6.58 Å². The third-order valence-electron chi connectivity index (χ3n) is 4.72. The maximum Gasteiger partial charge on any atom is 0.124 e. The van der Waals surface area contributed by atoms with Crippen molar-refractivity contribution in [2.75, 3.05) is 20.0 Å². The number of methoxy groups -OCH3 is 1. The van der Waals surface area contributed by atoms with Crippen molar-refractivity contribution in [1.29, 1.82) is 0 Å². The zero-order chi connectivity index (χ0) is 25.3. The Hall–Kier alpha value is -2.60. The number of rotatable bonds is 5. The van der Waals surface area contributed by atoms with Gasteiger partial charge in [-0.25, -0.2) is 0 Å². The molecule has 1 heterocycles. The molecule has 0 aliphatic carbocycles. The number of fused-ring (bicyclic) bond motifs is 1. The van der Waals surface area contributed by atoms with Gasteiger partial charge in [-0.05, 0) is 75.1 Å². The zero-order valence-electron chi connectivity index (χ0n) is 20.8. The number of hydrogen-bond acceptors (Lipinski definition) is 4. The average molecular weight is 473 g/mol. The highest BCUT2D eigenvalue weighted by atomic mass is 35.5. The standard InChI is InChI=1S/C21H21ClN2O.C4H10O.C2H6O/c1-4-10-24-13(2)12-18-19(15-5-7-16(22)8-6-15)17(9-11-25)14(3)20(23)21(18)24;1-4(2,3)5;1-3-2/h4-8,11-12H,1,9-10,23H2,2-3H3;5H,1-3H3;1-2H3. The van der Waals surface area contributed by atoms with E-state index in [0.29, 0.717) is 18.0 Å². The van der Waals surface area contributed by atoms with Gasteiger partial charge in [0.25, 0.3) is 0 Å². The second-order valence-corrected chi connectivity index (χ2v) is 9.23. The summed E-state index contributed by atoms with van der Waals surface area (Å²) in [7, 11) is 3.25. The predicted molar refractivity (Wildman–Crippen MR) is 141 cm³/mol. The number of aldehydes is 1. The Labute approximate surface area is 202 Å². The Balaban J connectivity index is 0.000000591. The lowest BCUT2D eigenvalue weighted by molar-refractivity contribution is -0.107. The smallest absolute Gasteiger partial charge is 0.124 e. The Morgan fingerprint density at radius 2 is 1.70 bits per heavy atom. The number of nitrogens with two attached hydrogens (primary N) is 1. The van der Waals surface area contributed by atoms with E-state index in [-0.39, 0.29) is 0 Å². The number of nitrogen functional groups attached to an aromatic ring is 1. The molecule has 0 saturated carbocycles. The fourth-order valence-corrected chi connectivity index (χ4v) is 3.62. The topological polar surface area (TPSA) is 77.5 Å². The first-order chi connectivity index (χ1) is 15.4. The number of ether oxygens (including phenoxy) is 1. The molecule has 0 atom stereocenters. The summed E-state index contributed by atoms with van der Waals surface area (Å²) >= 11 is 6.05. The zero-order valence-corrected chi connectivity index (χ0v) is 21.6. The fraction of sp³-hybridized carbons (Fsp3) is 0.370. The van der Waals surface area contributed by atoms with Gasteiger partial charge < -0.3 is 24.9 Å². The van der Waals surface area contributed by atoms with Gasteiger partial charge >= 0.3 is 0 Å². The number of hydrogen-bond donors (Lipinski definition) is 2. The third kappa shape index (κ3) is 7.74. The number of allylic oxidation sites excluding steroid dienone is 1. The van der Waals surface area contributed by atoms with E-state index in [1.165, 1.54) is 0 Å². The molecule has 0 radical (unpaired) electrons. The van der Waals surface area contributed by atoms with Crippen molar-refractivity contribution >= 4 is 34.5 Å². The lowest BCUT2D eigenvalue weighted by Crippen LogP contribution is -2.10. The number of carbonyl (C=O) groups excluding carboxylic acids is 1. The van der Waals surface area contributed by atoms with E-state index in [9.17, 15) is 4.79 Å². The summed E-state index contributed by atoms with van der Waals surface area (Å²) in [6, 6.07) is 9.84. The second kappa shape index (κ2) is 12.6. The predicted octanol–water partition coefficient (Wildman–Crippen LogP) is 6.13. The van der Waals surface area contributed by atoms with Crippen LogP contribution in [0, 0.1) is 13.8 Å². The number of halogens is 1. The maximum absolute atomic E-state index is 11.3. The van der Waals surface area contributed by atoms with Crippen molar-refractivity contribution in [1.82, 2.24) is 4.57 Å². The molecule has 1 aromatic heterocycles. The van der Waals surface area contributed by atoms with Gasteiger partial charge in [0, 0.05) is 43.3 Å². The van der Waals surface area contributed by atoms with Crippen LogP contribution in [0.25, 0.3) is 22.0 Å². The van der Waals surface area contributed by atoms with Crippen molar-refractivity contribution in [3.63, 3.8) is 0 Å². The number of nitrogens with zero attached hydrogens (tertiary/aromatic N) is 1. The van der Waals surface area contributed by atoms with Crippen LogP contribution in [0.5, 0.6) is 0 Å². The SMILES string of the molecule is C=CCn1c(C)cc2c(-c3ccc(Cl)cc3)c(CC=O)c(C)c(N)c21.CC(C)(C)O.COC. The molecule has 0 aliphatic heterocycles. The van der Waals surface area contributed by atoms with Crippen molar-refractivity contribution in [3.8, 4) is 11.1 Å². The minimum atomic E-state index is -0.500. The van der Waals surface area contributed by atoms with Crippen molar-refractivity contribution in [3.05, 3.63) is 64.8 Å². The van der Waals surface area contributed by atoms with Crippen molar-refractivity contribution < 1.29 is 14.6 Å². The molecular weight excluding hydrogens is 436 g/mol. The van der Waals surface area contributed by atoms with Crippen LogP contribution in [0.3, 0.4) is 0 Å². The van der Waals surface area contributed by atoms with E-state index in [0.717, 1.165) is 50.8 Å². The summed E-state index contributed by atoms with van der Waals surface area (Å²) in [6.07, 6.45) is 3.12. The summed E-state index contributed by atoms with van der Waals surface area (Å²) in [5, 5.41) is 10.3. The number of aromatic nitrogens is 1. The van der Waals surface area contributed by atoms with Gasteiger partial charge in [-0.2, -0.15) is 0 Å². The highest BCUT2D eigenvalue weighted by Crippen LogP contribution is 2.40. The summed E-state index contributed by atoms with van der Waals surface area (Å²) in [6.45, 7) is 13.8. The first-order valence-electron chi connectivity index (χ1n) is 10.7. The van der Waals surface area contributed by atoms with E-state index < -0.39 is 5.60 Å². The summed E-state index contributed by atoms with van der Waals surface area (Å²) in [5.74, 6) is 0. The molecule has 5 nitrogen and oxygen atoms in total. The molecular formula is C27H37ClN2O3. The molecule has 0 unspecified atom stereocenters. The minimum Gasteiger partial charge on any atom is -0.397 e. The van der Waals surface area contributed by atoms with Gasteiger partial charge in [-0.3, -0.25) is 0 Å². The Morgan fingerprint density at radius 3 is 2.15 bits per heavy atom. The highest BCUT2D eigenvalue weighted by molar-refractivity contribution is 6.30. The normalized spacial score (nSPS) is 10.7. The summed E-state index contributed by atoms with van der Waals surface area (Å²) in [5.41, 5.74) is 12.8. The number of aliphatic hydroxyl groups is 1. The van der Waals surface area contributed by atoms with Gasteiger partial charge in [0.1, 0.15) is 6.29 Å². The van der Waals surface area contributed by atoms with Crippen LogP contribution in [-0.4, -0.2) is 35.8 Å². The van der Waals surface area contributed by atoms with Gasteiger partial charge in [0.15, 0.2) is 0 Å². The molecule has 0 fully saturated rings. The van der Waals surface area contributed by atoms with E-state index in [2.05, 4.69) is 28.9 Å². The lowest BCUT2D eigenvalue weighted by atomic mass is 9.90. The third-order valence-corrected chi connectivity index (χ3v) is 4.97. The molecule has 0 aliphatic rings. The molecule has 3 rings (SSSR count). The molecule has 3 aromatic rings. The first-order valence-corrected chi connectivity index (χ1v) is 11.1. The van der Waals surface area contributed by atoms with Gasteiger partial charge in [0.05, 0.1) is 16.8 Å². The molecule has 2 aromatic carbocycles. The number of carbonyl (C=O) groups is 1. The molecule has 33 heavy (non-hydrogen) atoms. The fourth-order valence-electron chi connectivity index (χ4n) is 3.50. The van der Waals surface area contributed by atoms with Crippen LogP contribution >= 0.6 is 11.6 Å². The van der Waals surface area contributed by atoms with Crippen molar-refractivity contribution in [2.24, 2.45) is 0 Å². The van der Waals surface area contributed by atoms with Crippen LogP contribution in [0.1, 0.15) is 37.6 Å². The molecule has 0 bridgehead atoms. The van der Waals surface area contributed by atoms with Crippen LogP contribution in [0.15, 0.2) is 43.0 Å². The largest absolute Gasteiger partial charge is 0.397 e. The van der Waals surface area contributed by atoms with Gasteiger partial charge in [0.2, 0.25) is 0 Å². The van der Waals surface area contributed by atoms with E-state index in [1.54, 1.807) is 35.0 Å². The monoisotopic (exact) mass is 472 g/mol. The molecule has 0 spiro atoms. The average Bonchev–Trinajstić information content (AvgIpc) is 3.03. The molecule has 180 valence electrons. The Bertz CT molecular complexity index is 1070. The van der Waals surface area contributed by atoms with E-state index in [4.69, 9.17) is 22.4 Å². The van der Waals surface area contributed by atoms with Crippen LogP contribution in [-0.2, 0) is 22.5 Å². The van der Waals surface area contributed by atoms with Crippen LogP contribution < -0.4 is 5.73 Å². The van der Waals surface area contributed by atoms with Crippen LogP contribution in [0.2, 0.25) is 5.02 Å². The summed E-state index contributed by atoms with van der Waals surface area (Å²) in [4.78, 5) is 11.3. The molecule has 6 heteroatoms. The first kappa shape index (κ1) is 28.4. The lowest BCUT2D eigenvalue weighted by Gasteiger charge is -2.17.